The fourth-order valence-corrected chi connectivity index (χ4v) is 5.68. The van der Waals surface area contributed by atoms with Crippen LogP contribution in [-0.2, 0) is 10.5 Å². The maximum Gasteiger partial charge on any atom is 0.276 e. The van der Waals surface area contributed by atoms with Gasteiger partial charge in [0, 0.05) is 49.6 Å². The summed E-state index contributed by atoms with van der Waals surface area (Å²) in [4.78, 5) is 49.1. The fraction of sp³-hybridized carbons (Fsp3) is 0.567. The van der Waals surface area contributed by atoms with Crippen LogP contribution in [-0.4, -0.2) is 64.5 Å². The first-order chi connectivity index (χ1) is 20.9. The van der Waals surface area contributed by atoms with Gasteiger partial charge in [0.15, 0.2) is 11.6 Å². The largest absolute Gasteiger partial charge is 0.404 e. The Hall–Kier alpha value is -3.19. The normalized spacial score (nSPS) is 21.2. The van der Waals surface area contributed by atoms with Gasteiger partial charge in [-0.05, 0) is 50.4 Å². The number of piperidine rings is 1. The number of nitrogens with one attached hydrogen (secondary N) is 4. The zero-order chi connectivity index (χ0) is 32.2. The van der Waals surface area contributed by atoms with Crippen molar-refractivity contribution >= 4 is 52.3 Å². The van der Waals surface area contributed by atoms with E-state index in [4.69, 9.17) is 28.9 Å². The van der Waals surface area contributed by atoms with E-state index in [0.717, 1.165) is 26.1 Å². The molecule has 0 aromatic carbocycles. The molecule has 6 N–H and O–H groups in total. The topological polar surface area (TPSA) is 159 Å². The molecule has 2 aromatic rings. The lowest BCUT2D eigenvalue weighted by Gasteiger charge is -2.39. The molecule has 0 bridgehead atoms. The fourth-order valence-electron chi connectivity index (χ4n) is 5.40. The number of fused-ring (bicyclic) bond motifs is 2. The molecule has 240 valence electrons. The Morgan fingerprint density at radius 2 is 1.93 bits per heavy atom. The smallest absolute Gasteiger partial charge is 0.276 e. The number of carbonyl (C=O) groups excluding carboxylic acids is 2. The van der Waals surface area contributed by atoms with Crippen molar-refractivity contribution in [1.29, 1.82) is 0 Å². The molecule has 3 atom stereocenters. The van der Waals surface area contributed by atoms with Crippen molar-refractivity contribution in [1.82, 2.24) is 30.1 Å². The summed E-state index contributed by atoms with van der Waals surface area (Å²) >= 11 is 12.1. The van der Waals surface area contributed by atoms with Gasteiger partial charge in [-0.1, -0.05) is 50.4 Å². The van der Waals surface area contributed by atoms with E-state index in [0.29, 0.717) is 47.5 Å². The van der Waals surface area contributed by atoms with E-state index in [-0.39, 0.29) is 45.6 Å². The molecule has 0 radical (unpaired) electrons. The second-order valence-corrected chi connectivity index (χ2v) is 13.0. The molecule has 12 nitrogen and oxygen atoms in total. The lowest BCUT2D eigenvalue weighted by atomic mass is 9.97. The molecule has 1 aliphatic carbocycles. The van der Waals surface area contributed by atoms with E-state index in [9.17, 15) is 14.4 Å². The highest BCUT2D eigenvalue weighted by molar-refractivity contribution is 6.35. The summed E-state index contributed by atoms with van der Waals surface area (Å²) in [5.74, 6) is 1.05. The Kier molecular flexibility index (Phi) is 10.9. The predicted octanol–water partition coefficient (Wildman–Crippen LogP) is 3.72. The molecule has 2 aromatic heterocycles. The minimum absolute atomic E-state index is 0.0350. The van der Waals surface area contributed by atoms with Crippen LogP contribution in [0.5, 0.6) is 0 Å². The molecular weight excluding hydrogens is 605 g/mol. The van der Waals surface area contributed by atoms with E-state index in [1.165, 1.54) is 18.9 Å². The summed E-state index contributed by atoms with van der Waals surface area (Å²) in [6.07, 6.45) is 6.00. The van der Waals surface area contributed by atoms with Crippen molar-refractivity contribution in [3.63, 3.8) is 0 Å². The molecule has 2 fully saturated rings. The molecule has 3 unspecified atom stereocenters. The monoisotopic (exact) mass is 647 g/mol. The molecule has 1 saturated heterocycles. The number of halogens is 2. The molecular formula is C30H43Cl2N9O3. The molecule has 4 heterocycles. The zero-order valence-electron chi connectivity index (χ0n) is 26.0. The average molecular weight is 649 g/mol. The Labute approximate surface area is 268 Å². The number of anilines is 3. The van der Waals surface area contributed by atoms with Gasteiger partial charge >= 0.3 is 0 Å². The van der Waals surface area contributed by atoms with Gasteiger partial charge in [0.05, 0.1) is 0 Å². The number of aromatic nitrogens is 3. The molecule has 3 aliphatic rings. The second-order valence-electron chi connectivity index (χ2n) is 12.1. The third-order valence-corrected chi connectivity index (χ3v) is 9.21. The van der Waals surface area contributed by atoms with Crippen molar-refractivity contribution in [3.05, 3.63) is 50.3 Å². The van der Waals surface area contributed by atoms with Crippen molar-refractivity contribution in [2.24, 2.45) is 23.5 Å². The maximum atomic E-state index is 13.6. The van der Waals surface area contributed by atoms with E-state index in [1.54, 1.807) is 17.6 Å². The lowest BCUT2D eigenvalue weighted by Crippen LogP contribution is -2.53. The predicted molar refractivity (Wildman–Crippen MR) is 174 cm³/mol. The van der Waals surface area contributed by atoms with Crippen LogP contribution >= 0.6 is 23.2 Å². The molecule has 14 heteroatoms. The van der Waals surface area contributed by atoms with Crippen LogP contribution in [0.2, 0.25) is 5.02 Å². The Morgan fingerprint density at radius 1 is 1.27 bits per heavy atom. The first-order valence-corrected chi connectivity index (χ1v) is 15.8. The van der Waals surface area contributed by atoms with Gasteiger partial charge in [-0.2, -0.15) is 0 Å². The highest BCUT2D eigenvalue weighted by atomic mass is 35.5. The number of carbonyl (C=O) groups is 2. The summed E-state index contributed by atoms with van der Waals surface area (Å²) in [6, 6.07) is 1.63. The van der Waals surface area contributed by atoms with E-state index in [2.05, 4.69) is 50.0 Å². The van der Waals surface area contributed by atoms with E-state index >= 15 is 0 Å². The van der Waals surface area contributed by atoms with Crippen LogP contribution < -0.4 is 32.6 Å². The second kappa shape index (κ2) is 14.3. The van der Waals surface area contributed by atoms with Gasteiger partial charge in [-0.15, -0.1) is 0 Å². The first-order valence-electron chi connectivity index (χ1n) is 15.0. The minimum Gasteiger partial charge on any atom is -0.404 e. The number of likely N-dealkylation sites (tertiary alicyclic amines) is 1. The molecule has 1 saturated carbocycles. The highest BCUT2D eigenvalue weighted by Gasteiger charge is 2.46. The lowest BCUT2D eigenvalue weighted by molar-refractivity contribution is -0.117. The van der Waals surface area contributed by atoms with E-state index < -0.39 is 5.66 Å². The quantitative estimate of drug-likeness (QED) is 0.273. The van der Waals surface area contributed by atoms with Crippen LogP contribution in [0.25, 0.3) is 0 Å². The third kappa shape index (κ3) is 7.53. The molecule has 1 spiro atoms. The number of hydrogen-bond acceptors (Lipinski definition) is 9. The molecule has 2 amide bonds. The van der Waals surface area contributed by atoms with Crippen molar-refractivity contribution in [2.45, 2.75) is 59.0 Å². The molecule has 2 aliphatic heterocycles. The van der Waals surface area contributed by atoms with Gasteiger partial charge in [-0.25, -0.2) is 9.97 Å². The van der Waals surface area contributed by atoms with Crippen molar-refractivity contribution in [3.8, 4) is 0 Å². The van der Waals surface area contributed by atoms with Crippen LogP contribution in [0, 0.1) is 24.7 Å². The molecule has 44 heavy (non-hydrogen) atoms. The standard InChI is InChI=1S/C22H26ClN7O3.C8H17ClN2/c1-11-8-13(11)19(31)27-18-15(23)17(24-10-25-18)26-14-9-12(2)16-20(32)28-22(30(16)21(14)33)4-6-29(3)7-5-22;1-3-7(2)5-11-6-8(9)4-10/h9-11,13H,4-8H2,1-3H3,(H,28,32)(H2,24,25,26,27,31);4,7,11H,3,5-6,10H2,1-2H3/b;8-4-. The number of aryl methyl sites for hydroxylation is 1. The summed E-state index contributed by atoms with van der Waals surface area (Å²) in [7, 11) is 2.02. The highest BCUT2D eigenvalue weighted by Crippen LogP contribution is 2.39. The average Bonchev–Trinajstić information content (AvgIpc) is 3.66. The number of nitrogens with zero attached hydrogens (tertiary/aromatic N) is 4. The first kappa shape index (κ1) is 33.7. The third-order valence-electron chi connectivity index (χ3n) is 8.59. The summed E-state index contributed by atoms with van der Waals surface area (Å²) in [5, 5.41) is 12.8. The van der Waals surface area contributed by atoms with Crippen LogP contribution in [0.1, 0.15) is 62.5 Å². The van der Waals surface area contributed by atoms with Gasteiger partial charge in [0.25, 0.3) is 11.5 Å². The summed E-state index contributed by atoms with van der Waals surface area (Å²) < 4.78 is 1.59. The Balaban J connectivity index is 0.000000345. The number of hydrogen-bond donors (Lipinski definition) is 5. The zero-order valence-corrected chi connectivity index (χ0v) is 27.5. The van der Waals surface area contributed by atoms with Gasteiger partial charge in [0.1, 0.15) is 28.4 Å². The van der Waals surface area contributed by atoms with Crippen LogP contribution in [0.15, 0.2) is 28.4 Å². The number of nitrogens with two attached hydrogens (primary N) is 1. The van der Waals surface area contributed by atoms with Gasteiger partial charge in [-0.3, -0.25) is 19.0 Å². The Bertz CT molecular complexity index is 1470. The Morgan fingerprint density at radius 3 is 2.55 bits per heavy atom. The maximum absolute atomic E-state index is 13.6. The van der Waals surface area contributed by atoms with Crippen molar-refractivity contribution < 1.29 is 9.59 Å². The number of amides is 2. The van der Waals surface area contributed by atoms with Gasteiger partial charge in [0.2, 0.25) is 5.91 Å². The number of rotatable bonds is 9. The van der Waals surface area contributed by atoms with Crippen LogP contribution in [0.4, 0.5) is 17.3 Å². The van der Waals surface area contributed by atoms with Crippen LogP contribution in [0.3, 0.4) is 0 Å². The summed E-state index contributed by atoms with van der Waals surface area (Å²) in [6.45, 7) is 11.4. The minimum atomic E-state index is -0.742. The summed E-state index contributed by atoms with van der Waals surface area (Å²) in [5.41, 5.74) is 5.42. The number of pyridine rings is 1. The molecule has 5 rings (SSSR count). The SMILES string of the molecule is CCC(C)CNC/C(Cl)=C/N.Cc1cc(Nc2ncnc(NC(=O)C3CC3C)c2Cl)c(=O)n2c1C(=O)NC21CCN(C)CC1. The van der Waals surface area contributed by atoms with Gasteiger partial charge < -0.3 is 31.9 Å². The van der Waals surface area contributed by atoms with E-state index in [1.807, 2.05) is 14.0 Å². The van der Waals surface area contributed by atoms with Crippen molar-refractivity contribution in [2.75, 3.05) is 43.9 Å².